The Balaban J connectivity index is 1.56. The van der Waals surface area contributed by atoms with Gasteiger partial charge in [0.2, 0.25) is 11.8 Å². The topological polar surface area (TPSA) is 79.5 Å². The summed E-state index contributed by atoms with van der Waals surface area (Å²) < 4.78 is 5.44. The number of hydrogen-bond donors (Lipinski definition) is 3. The maximum atomic E-state index is 12.0. The summed E-state index contributed by atoms with van der Waals surface area (Å²) in [6.07, 6.45) is 5.37. The first-order chi connectivity index (χ1) is 10.2. The Morgan fingerprint density at radius 1 is 1.19 bits per heavy atom. The highest BCUT2D eigenvalue weighted by Crippen LogP contribution is 2.27. The number of carbonyl (C=O) groups is 2. The van der Waals surface area contributed by atoms with Crippen molar-refractivity contribution in [3.8, 4) is 0 Å². The molecule has 2 amide bonds. The second-order valence-corrected chi connectivity index (χ2v) is 6.00. The normalized spacial score (nSPS) is 26.5. The number of hydrogen-bond acceptors (Lipinski definition) is 4. The van der Waals surface area contributed by atoms with Crippen molar-refractivity contribution in [2.24, 2.45) is 5.92 Å². The minimum atomic E-state index is -0.298. The molecule has 2 fully saturated rings. The van der Waals surface area contributed by atoms with E-state index in [9.17, 15) is 9.59 Å². The molecule has 1 saturated carbocycles. The molecule has 2 rings (SSSR count). The minimum Gasteiger partial charge on any atom is -0.375 e. The molecule has 1 aliphatic heterocycles. The molecule has 1 aliphatic carbocycles. The van der Waals surface area contributed by atoms with E-state index in [0.29, 0.717) is 38.6 Å². The molecule has 0 aromatic carbocycles. The molecule has 0 bridgehead atoms. The standard InChI is InChI=1S/C15H27N3O3/c1-11-14(17-8-9-21-11)15(20)18-7-6-16-13(19)10-12-4-2-3-5-12/h11-12,14,17H,2-10H2,1H3,(H,16,19)(H,18,20)/t11-,14+/m1/s1. The smallest absolute Gasteiger partial charge is 0.239 e. The lowest BCUT2D eigenvalue weighted by molar-refractivity contribution is -0.129. The molecular formula is C15H27N3O3. The van der Waals surface area contributed by atoms with Crippen molar-refractivity contribution in [3.05, 3.63) is 0 Å². The monoisotopic (exact) mass is 297 g/mol. The van der Waals surface area contributed by atoms with Gasteiger partial charge in [0.05, 0.1) is 12.7 Å². The lowest BCUT2D eigenvalue weighted by Gasteiger charge is -2.29. The Morgan fingerprint density at radius 2 is 1.90 bits per heavy atom. The highest BCUT2D eigenvalue weighted by Gasteiger charge is 2.27. The Labute approximate surface area is 126 Å². The van der Waals surface area contributed by atoms with Crippen LogP contribution in [-0.4, -0.2) is 50.2 Å². The summed E-state index contributed by atoms with van der Waals surface area (Å²) in [6.45, 7) is 4.17. The zero-order valence-electron chi connectivity index (χ0n) is 12.8. The molecule has 1 heterocycles. The maximum absolute atomic E-state index is 12.0. The van der Waals surface area contributed by atoms with E-state index in [1.165, 1.54) is 25.7 Å². The highest BCUT2D eigenvalue weighted by atomic mass is 16.5. The largest absolute Gasteiger partial charge is 0.375 e. The Hall–Kier alpha value is -1.14. The van der Waals surface area contributed by atoms with Gasteiger partial charge < -0.3 is 20.7 Å². The van der Waals surface area contributed by atoms with E-state index >= 15 is 0 Å². The van der Waals surface area contributed by atoms with Crippen molar-refractivity contribution < 1.29 is 14.3 Å². The number of carbonyl (C=O) groups excluding carboxylic acids is 2. The first kappa shape index (κ1) is 16.2. The molecule has 6 heteroatoms. The molecule has 21 heavy (non-hydrogen) atoms. The summed E-state index contributed by atoms with van der Waals surface area (Å²) in [6, 6.07) is -0.298. The van der Waals surface area contributed by atoms with E-state index < -0.39 is 0 Å². The fraction of sp³-hybridized carbons (Fsp3) is 0.867. The van der Waals surface area contributed by atoms with Gasteiger partial charge in [-0.3, -0.25) is 9.59 Å². The van der Waals surface area contributed by atoms with Crippen LogP contribution in [0.3, 0.4) is 0 Å². The first-order valence-corrected chi connectivity index (χ1v) is 8.06. The first-order valence-electron chi connectivity index (χ1n) is 8.06. The molecule has 3 N–H and O–H groups in total. The van der Waals surface area contributed by atoms with Crippen molar-refractivity contribution in [2.45, 2.75) is 51.2 Å². The van der Waals surface area contributed by atoms with Gasteiger partial charge in [-0.05, 0) is 25.7 Å². The lowest BCUT2D eigenvalue weighted by atomic mass is 10.0. The number of ether oxygens (including phenoxy) is 1. The Morgan fingerprint density at radius 3 is 2.62 bits per heavy atom. The molecule has 120 valence electrons. The van der Waals surface area contributed by atoms with Crippen LogP contribution in [-0.2, 0) is 14.3 Å². The second kappa shape index (κ2) is 8.34. The van der Waals surface area contributed by atoms with Crippen molar-refractivity contribution in [1.29, 1.82) is 0 Å². The van der Waals surface area contributed by atoms with Crippen LogP contribution < -0.4 is 16.0 Å². The van der Waals surface area contributed by atoms with E-state index in [4.69, 9.17) is 4.74 Å². The van der Waals surface area contributed by atoms with Crippen LogP contribution in [0, 0.1) is 5.92 Å². The summed E-state index contributed by atoms with van der Waals surface area (Å²) >= 11 is 0. The van der Waals surface area contributed by atoms with E-state index in [0.717, 1.165) is 0 Å². The van der Waals surface area contributed by atoms with Gasteiger partial charge in [-0.15, -0.1) is 0 Å². The molecule has 0 unspecified atom stereocenters. The van der Waals surface area contributed by atoms with Crippen LogP contribution in [0.15, 0.2) is 0 Å². The maximum Gasteiger partial charge on any atom is 0.239 e. The van der Waals surface area contributed by atoms with Crippen LogP contribution in [0.1, 0.15) is 39.0 Å². The summed E-state index contributed by atoms with van der Waals surface area (Å²) in [5, 5.41) is 8.85. The van der Waals surface area contributed by atoms with Crippen molar-refractivity contribution in [2.75, 3.05) is 26.2 Å². The molecule has 2 aliphatic rings. The summed E-state index contributed by atoms with van der Waals surface area (Å²) in [7, 11) is 0. The van der Waals surface area contributed by atoms with E-state index in [1.54, 1.807) is 0 Å². The fourth-order valence-corrected chi connectivity index (χ4v) is 3.07. The minimum absolute atomic E-state index is 0.0627. The lowest BCUT2D eigenvalue weighted by Crippen LogP contribution is -2.56. The quantitative estimate of drug-likeness (QED) is 0.611. The SMILES string of the molecule is C[C@H]1OCCN[C@@H]1C(=O)NCCNC(=O)CC1CCCC1. The van der Waals surface area contributed by atoms with Crippen molar-refractivity contribution in [3.63, 3.8) is 0 Å². The van der Waals surface area contributed by atoms with Gasteiger partial charge in [-0.1, -0.05) is 12.8 Å². The van der Waals surface area contributed by atoms with Gasteiger partial charge in [0, 0.05) is 26.1 Å². The molecule has 1 saturated heterocycles. The van der Waals surface area contributed by atoms with Gasteiger partial charge in [-0.25, -0.2) is 0 Å². The number of morpholine rings is 1. The molecule has 0 spiro atoms. The molecule has 0 aromatic heterocycles. The predicted molar refractivity (Wildman–Crippen MR) is 79.8 cm³/mol. The average Bonchev–Trinajstić information content (AvgIpc) is 2.96. The second-order valence-electron chi connectivity index (χ2n) is 6.00. The predicted octanol–water partition coefficient (Wildman–Crippen LogP) is 0.176. The fourth-order valence-electron chi connectivity index (χ4n) is 3.07. The van der Waals surface area contributed by atoms with Crippen LogP contribution in [0.5, 0.6) is 0 Å². The molecule has 0 radical (unpaired) electrons. The summed E-state index contributed by atoms with van der Waals surface area (Å²) in [5.41, 5.74) is 0. The molecular weight excluding hydrogens is 270 g/mol. The van der Waals surface area contributed by atoms with E-state index in [2.05, 4.69) is 16.0 Å². The Bertz CT molecular complexity index is 356. The van der Waals surface area contributed by atoms with Gasteiger partial charge in [0.15, 0.2) is 0 Å². The van der Waals surface area contributed by atoms with Crippen LogP contribution in [0.2, 0.25) is 0 Å². The highest BCUT2D eigenvalue weighted by molar-refractivity contribution is 5.82. The van der Waals surface area contributed by atoms with Gasteiger partial charge >= 0.3 is 0 Å². The van der Waals surface area contributed by atoms with Gasteiger partial charge in [0.1, 0.15) is 6.04 Å². The zero-order chi connectivity index (χ0) is 15.1. The molecule has 6 nitrogen and oxygen atoms in total. The van der Waals surface area contributed by atoms with Gasteiger partial charge in [-0.2, -0.15) is 0 Å². The van der Waals surface area contributed by atoms with Crippen LogP contribution in [0.4, 0.5) is 0 Å². The third-order valence-electron chi connectivity index (χ3n) is 4.29. The van der Waals surface area contributed by atoms with Crippen molar-refractivity contribution >= 4 is 11.8 Å². The number of nitrogens with one attached hydrogen (secondary N) is 3. The summed E-state index contributed by atoms with van der Waals surface area (Å²) in [4.78, 5) is 23.7. The van der Waals surface area contributed by atoms with Gasteiger partial charge in [0.25, 0.3) is 0 Å². The number of rotatable bonds is 6. The third-order valence-corrected chi connectivity index (χ3v) is 4.29. The molecule has 0 aromatic rings. The van der Waals surface area contributed by atoms with Crippen molar-refractivity contribution in [1.82, 2.24) is 16.0 Å². The summed E-state index contributed by atoms with van der Waals surface area (Å²) in [5.74, 6) is 0.597. The molecule has 2 atom stereocenters. The third kappa shape index (κ3) is 5.28. The van der Waals surface area contributed by atoms with E-state index in [1.807, 2.05) is 6.92 Å². The number of amides is 2. The average molecular weight is 297 g/mol. The van der Waals surface area contributed by atoms with Crippen LogP contribution in [0.25, 0.3) is 0 Å². The van der Waals surface area contributed by atoms with E-state index in [-0.39, 0.29) is 24.0 Å². The Kier molecular flexibility index (Phi) is 6.45. The van der Waals surface area contributed by atoms with Crippen LogP contribution >= 0.6 is 0 Å². The zero-order valence-corrected chi connectivity index (χ0v) is 12.8.